The van der Waals surface area contributed by atoms with Gasteiger partial charge in [-0.2, -0.15) is 4.89 Å². The van der Waals surface area contributed by atoms with E-state index in [1.165, 1.54) is 5.56 Å². The van der Waals surface area contributed by atoms with Gasteiger partial charge in [0.2, 0.25) is 5.79 Å². The Kier molecular flexibility index (Phi) is 2.78. The second-order valence-electron chi connectivity index (χ2n) is 4.65. The predicted octanol–water partition coefficient (Wildman–Crippen LogP) is 2.16. The van der Waals surface area contributed by atoms with Gasteiger partial charge in [-0.15, -0.1) is 0 Å². The number of aliphatic hydroxyl groups excluding tert-OH is 1. The number of ether oxygens (including phenoxy) is 1. The van der Waals surface area contributed by atoms with E-state index < -0.39 is 12.1 Å². The Bertz CT molecular complexity index is 406. The van der Waals surface area contributed by atoms with Gasteiger partial charge in [0, 0.05) is 19.3 Å². The molecule has 1 spiro atoms. The molecule has 2 atom stereocenters. The van der Waals surface area contributed by atoms with Crippen molar-refractivity contribution in [1.29, 1.82) is 0 Å². The number of hydrogen-bond donors (Lipinski definition) is 1. The molecule has 0 aromatic heterocycles. The Morgan fingerprint density at radius 2 is 2.12 bits per heavy atom. The summed E-state index contributed by atoms with van der Waals surface area (Å²) in [7, 11) is 0. The molecule has 2 aliphatic heterocycles. The molecular weight excluding hydrogens is 220 g/mol. The highest BCUT2D eigenvalue weighted by Crippen LogP contribution is 2.38. The lowest BCUT2D eigenvalue weighted by molar-refractivity contribution is -0.450. The Morgan fingerprint density at radius 3 is 3.06 bits per heavy atom. The van der Waals surface area contributed by atoms with Gasteiger partial charge < -0.3 is 9.84 Å². The second kappa shape index (κ2) is 4.29. The number of rotatable bonds is 0. The molecule has 1 aromatic rings. The maximum atomic E-state index is 9.40. The van der Waals surface area contributed by atoms with Gasteiger partial charge in [0.1, 0.15) is 5.75 Å². The van der Waals surface area contributed by atoms with E-state index in [9.17, 15) is 5.11 Å². The lowest BCUT2D eigenvalue weighted by atomic mass is 9.96. The zero-order chi connectivity index (χ0) is 11.7. The van der Waals surface area contributed by atoms with E-state index in [1.54, 1.807) is 0 Å². The maximum absolute atomic E-state index is 9.40. The number of aliphatic hydroxyl groups is 1. The molecule has 92 valence electrons. The van der Waals surface area contributed by atoms with E-state index in [0.29, 0.717) is 6.42 Å². The van der Waals surface area contributed by atoms with Crippen LogP contribution in [0.15, 0.2) is 24.3 Å². The molecule has 4 heteroatoms. The summed E-state index contributed by atoms with van der Waals surface area (Å²) < 4.78 is 5.93. The van der Waals surface area contributed by atoms with Gasteiger partial charge in [-0.25, -0.2) is 4.89 Å². The van der Waals surface area contributed by atoms with E-state index >= 15 is 0 Å². The minimum Gasteiger partial charge on any atom is -0.459 e. The first kappa shape index (κ1) is 11.0. The van der Waals surface area contributed by atoms with Crippen LogP contribution < -0.4 is 4.74 Å². The summed E-state index contributed by atoms with van der Waals surface area (Å²) in [6.07, 6.45) is 3.01. The largest absolute Gasteiger partial charge is 0.459 e. The molecule has 3 rings (SSSR count). The van der Waals surface area contributed by atoms with E-state index in [0.717, 1.165) is 31.4 Å². The van der Waals surface area contributed by atoms with Crippen LogP contribution in [0.3, 0.4) is 0 Å². The minimum absolute atomic E-state index is 0.590. The van der Waals surface area contributed by atoms with Crippen LogP contribution in [0, 0.1) is 0 Å². The van der Waals surface area contributed by atoms with E-state index in [4.69, 9.17) is 14.5 Å². The summed E-state index contributed by atoms with van der Waals surface area (Å²) in [6.45, 7) is 0. The van der Waals surface area contributed by atoms with Gasteiger partial charge in [0.05, 0.1) is 0 Å². The van der Waals surface area contributed by atoms with Crippen molar-refractivity contribution >= 4 is 0 Å². The van der Waals surface area contributed by atoms with Crippen LogP contribution >= 0.6 is 0 Å². The SMILES string of the molecule is OC1CCCC2(CCc3ccccc3O2)OO1. The molecule has 0 saturated carbocycles. The number of para-hydroxylation sites is 1. The van der Waals surface area contributed by atoms with Crippen molar-refractivity contribution in [2.24, 2.45) is 0 Å². The smallest absolute Gasteiger partial charge is 0.241 e. The van der Waals surface area contributed by atoms with Gasteiger partial charge >= 0.3 is 0 Å². The van der Waals surface area contributed by atoms with Crippen molar-refractivity contribution in [2.75, 3.05) is 0 Å². The summed E-state index contributed by atoms with van der Waals surface area (Å²) in [5.41, 5.74) is 1.20. The van der Waals surface area contributed by atoms with Gasteiger partial charge in [-0.3, -0.25) is 0 Å². The van der Waals surface area contributed by atoms with Gasteiger partial charge in [0.15, 0.2) is 6.29 Å². The third-order valence-electron chi connectivity index (χ3n) is 3.36. The third kappa shape index (κ3) is 2.16. The highest BCUT2D eigenvalue weighted by atomic mass is 17.2. The first-order valence-corrected chi connectivity index (χ1v) is 6.07. The molecule has 0 aliphatic carbocycles. The molecule has 2 heterocycles. The van der Waals surface area contributed by atoms with E-state index in [1.807, 2.05) is 18.2 Å². The summed E-state index contributed by atoms with van der Waals surface area (Å²) in [5, 5.41) is 9.40. The summed E-state index contributed by atoms with van der Waals surface area (Å²) >= 11 is 0. The lowest BCUT2D eigenvalue weighted by Gasteiger charge is -2.35. The molecule has 0 bridgehead atoms. The van der Waals surface area contributed by atoms with Crippen LogP contribution in [0.4, 0.5) is 0 Å². The molecular formula is C13H16O4. The number of aryl methyl sites for hydroxylation is 1. The molecule has 1 fully saturated rings. The topological polar surface area (TPSA) is 47.9 Å². The van der Waals surface area contributed by atoms with Crippen molar-refractivity contribution in [3.8, 4) is 5.75 Å². The molecule has 1 N–H and O–H groups in total. The van der Waals surface area contributed by atoms with Crippen molar-refractivity contribution in [3.05, 3.63) is 29.8 Å². The molecule has 1 saturated heterocycles. The zero-order valence-corrected chi connectivity index (χ0v) is 9.59. The summed E-state index contributed by atoms with van der Waals surface area (Å²) in [6, 6.07) is 7.97. The quantitative estimate of drug-likeness (QED) is 0.701. The minimum atomic E-state index is -0.838. The number of fused-ring (bicyclic) bond motifs is 1. The van der Waals surface area contributed by atoms with Gasteiger partial charge in [0.25, 0.3) is 0 Å². The van der Waals surface area contributed by atoms with E-state index in [2.05, 4.69) is 6.07 Å². The third-order valence-corrected chi connectivity index (χ3v) is 3.36. The van der Waals surface area contributed by atoms with Gasteiger partial charge in [-0.1, -0.05) is 18.2 Å². The number of hydrogen-bond acceptors (Lipinski definition) is 4. The van der Waals surface area contributed by atoms with Crippen LogP contribution in [0.25, 0.3) is 0 Å². The molecule has 0 amide bonds. The Hall–Kier alpha value is -1.10. The Balaban J connectivity index is 1.82. The average Bonchev–Trinajstić information content (AvgIpc) is 2.53. The first-order valence-electron chi connectivity index (χ1n) is 6.07. The summed E-state index contributed by atoms with van der Waals surface area (Å²) in [4.78, 5) is 10.3. The molecule has 0 radical (unpaired) electrons. The van der Waals surface area contributed by atoms with Crippen LogP contribution in [-0.4, -0.2) is 17.2 Å². The van der Waals surface area contributed by atoms with Crippen LogP contribution in [0.2, 0.25) is 0 Å². The Morgan fingerprint density at radius 1 is 1.24 bits per heavy atom. The fraction of sp³-hybridized carbons (Fsp3) is 0.538. The normalized spacial score (nSPS) is 32.6. The molecule has 1 aromatic carbocycles. The molecule has 2 aliphatic rings. The van der Waals surface area contributed by atoms with Crippen LogP contribution in [0.5, 0.6) is 5.75 Å². The zero-order valence-electron chi connectivity index (χ0n) is 9.59. The monoisotopic (exact) mass is 236 g/mol. The molecule has 4 nitrogen and oxygen atoms in total. The van der Waals surface area contributed by atoms with Gasteiger partial charge in [-0.05, 0) is 24.5 Å². The second-order valence-corrected chi connectivity index (χ2v) is 4.65. The number of benzene rings is 1. The van der Waals surface area contributed by atoms with Crippen LogP contribution in [0.1, 0.15) is 31.2 Å². The highest BCUT2D eigenvalue weighted by molar-refractivity contribution is 5.35. The molecule has 2 unspecified atom stereocenters. The van der Waals surface area contributed by atoms with E-state index in [-0.39, 0.29) is 0 Å². The highest BCUT2D eigenvalue weighted by Gasteiger charge is 2.40. The van der Waals surface area contributed by atoms with Crippen molar-refractivity contribution < 1.29 is 19.6 Å². The van der Waals surface area contributed by atoms with Crippen molar-refractivity contribution in [1.82, 2.24) is 0 Å². The maximum Gasteiger partial charge on any atom is 0.241 e. The van der Waals surface area contributed by atoms with Crippen molar-refractivity contribution in [3.63, 3.8) is 0 Å². The molecule has 17 heavy (non-hydrogen) atoms. The standard InChI is InChI=1S/C13H16O4/c14-12-6-3-8-13(17-16-12)9-7-10-4-1-2-5-11(10)15-13/h1-2,4-5,12,14H,3,6-9H2. The first-order chi connectivity index (χ1) is 8.27. The lowest BCUT2D eigenvalue weighted by Crippen LogP contribution is -2.41. The average molecular weight is 236 g/mol. The Labute approximate surface area is 100 Å². The van der Waals surface area contributed by atoms with Crippen LogP contribution in [-0.2, 0) is 16.2 Å². The van der Waals surface area contributed by atoms with Crippen molar-refractivity contribution in [2.45, 2.75) is 44.2 Å². The summed E-state index contributed by atoms with van der Waals surface area (Å²) in [5.74, 6) is 0.144. The fourth-order valence-electron chi connectivity index (χ4n) is 2.40. The predicted molar refractivity (Wildman–Crippen MR) is 60.1 cm³/mol. The fourth-order valence-corrected chi connectivity index (χ4v) is 2.40.